The first-order valence-electron chi connectivity index (χ1n) is 4.18. The van der Waals surface area contributed by atoms with Crippen molar-refractivity contribution >= 4 is 5.69 Å². The minimum absolute atomic E-state index is 0.151. The summed E-state index contributed by atoms with van der Waals surface area (Å²) >= 11 is 0. The summed E-state index contributed by atoms with van der Waals surface area (Å²) in [6.07, 6.45) is 0.751. The minimum atomic E-state index is -0.376. The highest BCUT2D eigenvalue weighted by Gasteiger charge is 2.08. The van der Waals surface area contributed by atoms with Crippen LogP contribution in [0.25, 0.3) is 0 Å². The lowest BCUT2D eigenvalue weighted by Crippen LogP contribution is -1.93. The summed E-state index contributed by atoms with van der Waals surface area (Å²) in [6.45, 7) is 5.77. The van der Waals surface area contributed by atoms with Crippen molar-refractivity contribution in [1.82, 2.24) is 0 Å². The van der Waals surface area contributed by atoms with Crippen molar-refractivity contribution in [3.8, 4) is 0 Å². The summed E-state index contributed by atoms with van der Waals surface area (Å²) in [5, 5.41) is 10.5. The second kappa shape index (κ2) is 4.03. The molecule has 0 heterocycles. The summed E-state index contributed by atoms with van der Waals surface area (Å²) in [5.74, 6) is 0.278. The van der Waals surface area contributed by atoms with E-state index in [1.807, 2.05) is 13.0 Å². The van der Waals surface area contributed by atoms with Gasteiger partial charge < -0.3 is 0 Å². The van der Waals surface area contributed by atoms with E-state index in [1.165, 1.54) is 6.07 Å². The molecule has 0 aliphatic carbocycles. The molecule has 0 spiro atoms. The van der Waals surface area contributed by atoms with Crippen LogP contribution >= 0.6 is 0 Å². The van der Waals surface area contributed by atoms with Crippen LogP contribution in [0.4, 0.5) is 5.69 Å². The number of nitro benzene ring substituents is 1. The van der Waals surface area contributed by atoms with Gasteiger partial charge in [-0.2, -0.15) is 0 Å². The number of hydrogen-bond donors (Lipinski definition) is 0. The van der Waals surface area contributed by atoms with Crippen LogP contribution in [0.3, 0.4) is 0 Å². The molecule has 0 aliphatic heterocycles. The van der Waals surface area contributed by atoms with Gasteiger partial charge in [0.2, 0.25) is 0 Å². The normalized spacial score (nSPS) is 12.5. The molecule has 0 aromatic heterocycles. The van der Waals surface area contributed by atoms with Crippen molar-refractivity contribution in [1.29, 1.82) is 0 Å². The van der Waals surface area contributed by atoms with Crippen LogP contribution in [0.5, 0.6) is 0 Å². The molecule has 0 N–H and O–H groups in total. The van der Waals surface area contributed by atoms with Gasteiger partial charge in [-0.25, -0.2) is 0 Å². The largest absolute Gasteiger partial charge is 0.269 e. The summed E-state index contributed by atoms with van der Waals surface area (Å²) in [5.41, 5.74) is 1.13. The first-order valence-corrected chi connectivity index (χ1v) is 4.18. The summed E-state index contributed by atoms with van der Waals surface area (Å²) < 4.78 is 0. The number of nitrogens with zero attached hydrogens (tertiary/aromatic N) is 1. The first-order chi connectivity index (χ1) is 6.15. The number of benzene rings is 1. The molecule has 1 aromatic carbocycles. The fourth-order valence-corrected chi connectivity index (χ4v) is 1.11. The maximum atomic E-state index is 10.5. The number of non-ortho nitro benzene ring substituents is 1. The van der Waals surface area contributed by atoms with E-state index >= 15 is 0 Å². The highest BCUT2D eigenvalue weighted by atomic mass is 16.6. The molecule has 3 heteroatoms. The van der Waals surface area contributed by atoms with E-state index in [-0.39, 0.29) is 16.5 Å². The third-order valence-corrected chi connectivity index (χ3v) is 2.08. The van der Waals surface area contributed by atoms with E-state index in [1.54, 1.807) is 12.1 Å². The van der Waals surface area contributed by atoms with Gasteiger partial charge in [-0.3, -0.25) is 10.1 Å². The van der Waals surface area contributed by atoms with Crippen LogP contribution in [0.1, 0.15) is 24.8 Å². The lowest BCUT2D eigenvalue weighted by molar-refractivity contribution is -0.384. The van der Waals surface area contributed by atoms with Crippen molar-refractivity contribution in [3.63, 3.8) is 0 Å². The standard InChI is InChI=1S/C10H12NO2/c1-3-8(2)9-5-4-6-10(7-9)11(12)13/h4-8H,1,3H2,2H3. The topological polar surface area (TPSA) is 43.1 Å². The van der Waals surface area contributed by atoms with Gasteiger partial charge in [0, 0.05) is 12.1 Å². The monoisotopic (exact) mass is 178 g/mol. The Balaban J connectivity index is 2.98. The molecular formula is C10H12NO2. The SMILES string of the molecule is [CH2]CC(C)c1cccc([N+](=O)[O-])c1. The second-order valence-corrected chi connectivity index (χ2v) is 3.04. The molecule has 69 valence electrons. The lowest BCUT2D eigenvalue weighted by Gasteiger charge is -2.07. The molecule has 1 radical (unpaired) electrons. The first kappa shape index (κ1) is 9.71. The van der Waals surface area contributed by atoms with Crippen molar-refractivity contribution < 1.29 is 4.92 Å². The number of hydrogen-bond acceptors (Lipinski definition) is 2. The van der Waals surface area contributed by atoms with Crippen LogP contribution in [0, 0.1) is 17.0 Å². The van der Waals surface area contributed by atoms with E-state index in [0.717, 1.165) is 12.0 Å². The highest BCUT2D eigenvalue weighted by molar-refractivity contribution is 5.35. The molecule has 1 unspecified atom stereocenters. The quantitative estimate of drug-likeness (QED) is 0.527. The van der Waals surface area contributed by atoms with Crippen molar-refractivity contribution in [2.75, 3.05) is 0 Å². The van der Waals surface area contributed by atoms with Crippen LogP contribution in [-0.4, -0.2) is 4.92 Å². The zero-order valence-electron chi connectivity index (χ0n) is 7.56. The zero-order valence-corrected chi connectivity index (χ0v) is 7.56. The fourth-order valence-electron chi connectivity index (χ4n) is 1.11. The molecule has 13 heavy (non-hydrogen) atoms. The Morgan fingerprint density at radius 3 is 2.85 bits per heavy atom. The lowest BCUT2D eigenvalue weighted by atomic mass is 9.98. The molecule has 0 bridgehead atoms. The minimum Gasteiger partial charge on any atom is -0.258 e. The summed E-state index contributed by atoms with van der Waals surface area (Å²) in [6, 6.07) is 6.71. The van der Waals surface area contributed by atoms with Crippen LogP contribution in [0.15, 0.2) is 24.3 Å². The molecule has 0 saturated heterocycles. The number of rotatable bonds is 3. The maximum Gasteiger partial charge on any atom is 0.269 e. The van der Waals surface area contributed by atoms with Crippen LogP contribution < -0.4 is 0 Å². The Hall–Kier alpha value is -1.38. The van der Waals surface area contributed by atoms with Gasteiger partial charge in [0.15, 0.2) is 0 Å². The molecule has 1 rings (SSSR count). The van der Waals surface area contributed by atoms with Gasteiger partial charge in [0.1, 0.15) is 0 Å². The predicted molar refractivity (Wildman–Crippen MR) is 51.5 cm³/mol. The highest BCUT2D eigenvalue weighted by Crippen LogP contribution is 2.22. The smallest absolute Gasteiger partial charge is 0.258 e. The van der Waals surface area contributed by atoms with E-state index in [4.69, 9.17) is 0 Å². The molecule has 1 aromatic rings. The second-order valence-electron chi connectivity index (χ2n) is 3.04. The van der Waals surface area contributed by atoms with E-state index in [2.05, 4.69) is 6.92 Å². The average molecular weight is 178 g/mol. The third kappa shape index (κ3) is 2.28. The van der Waals surface area contributed by atoms with Crippen molar-refractivity contribution in [2.45, 2.75) is 19.3 Å². The molecule has 0 fully saturated rings. The van der Waals surface area contributed by atoms with E-state index < -0.39 is 0 Å². The van der Waals surface area contributed by atoms with Gasteiger partial charge >= 0.3 is 0 Å². The molecular weight excluding hydrogens is 166 g/mol. The summed E-state index contributed by atoms with van der Waals surface area (Å²) in [7, 11) is 0. The van der Waals surface area contributed by atoms with Gasteiger partial charge in [0.25, 0.3) is 5.69 Å². The maximum absolute atomic E-state index is 10.5. The van der Waals surface area contributed by atoms with E-state index in [0.29, 0.717) is 0 Å². The van der Waals surface area contributed by atoms with E-state index in [9.17, 15) is 10.1 Å². The Kier molecular flexibility index (Phi) is 3.01. The molecule has 3 nitrogen and oxygen atoms in total. The predicted octanol–water partition coefficient (Wildman–Crippen LogP) is 2.92. The molecule has 0 amide bonds. The fraction of sp³-hybridized carbons (Fsp3) is 0.300. The summed E-state index contributed by atoms with van der Waals surface area (Å²) in [4.78, 5) is 10.1. The van der Waals surface area contributed by atoms with Gasteiger partial charge in [-0.05, 0) is 17.9 Å². The van der Waals surface area contributed by atoms with Gasteiger partial charge in [-0.15, -0.1) is 0 Å². The molecule has 1 atom stereocenters. The van der Waals surface area contributed by atoms with Crippen molar-refractivity contribution in [3.05, 3.63) is 46.9 Å². The average Bonchev–Trinajstić information content (AvgIpc) is 2.17. The van der Waals surface area contributed by atoms with Crippen LogP contribution in [-0.2, 0) is 0 Å². The molecule has 0 saturated carbocycles. The molecule has 0 aliphatic rings. The zero-order chi connectivity index (χ0) is 9.84. The van der Waals surface area contributed by atoms with Gasteiger partial charge in [-0.1, -0.05) is 26.0 Å². The van der Waals surface area contributed by atoms with Crippen molar-refractivity contribution in [2.24, 2.45) is 0 Å². The Labute approximate surface area is 77.5 Å². The van der Waals surface area contributed by atoms with Crippen LogP contribution in [0.2, 0.25) is 0 Å². The number of nitro groups is 1. The third-order valence-electron chi connectivity index (χ3n) is 2.08. The Morgan fingerprint density at radius 2 is 2.31 bits per heavy atom. The Morgan fingerprint density at radius 1 is 1.62 bits per heavy atom. The Bertz CT molecular complexity index is 310. The van der Waals surface area contributed by atoms with Gasteiger partial charge in [0.05, 0.1) is 4.92 Å².